The number of nitrogens with zero attached hydrogens (tertiary/aromatic N) is 1. The van der Waals surface area contributed by atoms with Crippen molar-refractivity contribution in [1.82, 2.24) is 4.98 Å². The van der Waals surface area contributed by atoms with Gasteiger partial charge in [0.15, 0.2) is 9.84 Å². The van der Waals surface area contributed by atoms with E-state index in [9.17, 15) is 21.6 Å². The molecule has 0 fully saturated rings. The maximum atomic E-state index is 13.0. The first-order valence-electron chi connectivity index (χ1n) is 5.36. The highest BCUT2D eigenvalue weighted by atomic mass is 79.9. The van der Waals surface area contributed by atoms with Gasteiger partial charge in [-0.1, -0.05) is 6.92 Å². The largest absolute Gasteiger partial charge is 0.418 e. The number of aromatic nitrogens is 1. The summed E-state index contributed by atoms with van der Waals surface area (Å²) in [7, 11) is -3.74. The summed E-state index contributed by atoms with van der Waals surface area (Å²) in [6.07, 6.45) is -2.57. The third-order valence-electron chi connectivity index (χ3n) is 3.15. The lowest BCUT2D eigenvalue weighted by molar-refractivity contribution is -0.138. The molecule has 1 aromatic heterocycles. The molecule has 0 aliphatic carbocycles. The van der Waals surface area contributed by atoms with Gasteiger partial charge in [-0.15, -0.1) is 0 Å². The lowest BCUT2D eigenvalue weighted by Crippen LogP contribution is -2.34. The van der Waals surface area contributed by atoms with Gasteiger partial charge in [0.2, 0.25) is 0 Å². The van der Waals surface area contributed by atoms with Gasteiger partial charge >= 0.3 is 6.18 Å². The van der Waals surface area contributed by atoms with Crippen molar-refractivity contribution in [2.45, 2.75) is 31.2 Å². The van der Waals surface area contributed by atoms with Gasteiger partial charge in [-0.3, -0.25) is 4.98 Å². The fraction of sp³-hybridized carbons (Fsp3) is 0.545. The van der Waals surface area contributed by atoms with Gasteiger partial charge < -0.3 is 0 Å². The van der Waals surface area contributed by atoms with Crippen molar-refractivity contribution in [1.29, 1.82) is 0 Å². The molecule has 1 aromatic rings. The predicted octanol–water partition coefficient (Wildman–Crippen LogP) is 3.53. The molecule has 0 spiro atoms. The van der Waals surface area contributed by atoms with E-state index >= 15 is 0 Å². The van der Waals surface area contributed by atoms with E-state index < -0.39 is 32.0 Å². The van der Waals surface area contributed by atoms with Crippen molar-refractivity contribution in [2.24, 2.45) is 0 Å². The van der Waals surface area contributed by atoms with Crippen molar-refractivity contribution >= 4 is 25.8 Å². The number of sulfone groups is 1. The van der Waals surface area contributed by atoms with E-state index in [1.165, 1.54) is 20.0 Å². The van der Waals surface area contributed by atoms with Gasteiger partial charge in [0.05, 0.1) is 11.3 Å². The van der Waals surface area contributed by atoms with Gasteiger partial charge in [-0.05, 0) is 35.3 Å². The molecular weight excluding hydrogens is 347 g/mol. The summed E-state index contributed by atoms with van der Waals surface area (Å²) in [5.74, 6) is 0. The number of hydrogen-bond acceptors (Lipinski definition) is 3. The second-order valence-electron chi connectivity index (χ2n) is 4.40. The lowest BCUT2D eigenvalue weighted by atomic mass is 9.98. The maximum Gasteiger partial charge on any atom is 0.418 e. The van der Waals surface area contributed by atoms with Crippen LogP contribution in [-0.2, 0) is 20.8 Å². The van der Waals surface area contributed by atoms with Gasteiger partial charge in [0, 0.05) is 16.9 Å². The van der Waals surface area contributed by atoms with Crippen LogP contribution >= 0.6 is 15.9 Å². The number of pyridine rings is 1. The Morgan fingerprint density at radius 3 is 2.26 bits per heavy atom. The second kappa shape index (κ2) is 5.05. The van der Waals surface area contributed by atoms with Crippen molar-refractivity contribution in [3.05, 3.63) is 28.0 Å². The molecule has 0 N–H and O–H groups in total. The molecule has 0 aliphatic heterocycles. The van der Waals surface area contributed by atoms with Crippen LogP contribution in [0, 0.1) is 0 Å². The van der Waals surface area contributed by atoms with E-state index in [-0.39, 0.29) is 10.9 Å². The molecule has 0 saturated heterocycles. The molecule has 19 heavy (non-hydrogen) atoms. The Labute approximate surface area is 118 Å². The molecule has 3 nitrogen and oxygen atoms in total. The van der Waals surface area contributed by atoms with E-state index in [2.05, 4.69) is 20.9 Å². The molecule has 0 amide bonds. The maximum absolute atomic E-state index is 13.0. The first kappa shape index (κ1) is 16.4. The van der Waals surface area contributed by atoms with Crippen molar-refractivity contribution in [3.63, 3.8) is 0 Å². The Morgan fingerprint density at radius 2 is 1.89 bits per heavy atom. The third-order valence-corrected chi connectivity index (χ3v) is 5.71. The molecule has 0 aromatic carbocycles. The topological polar surface area (TPSA) is 47.0 Å². The Bertz CT molecular complexity index is 586. The third kappa shape index (κ3) is 3.10. The summed E-state index contributed by atoms with van der Waals surface area (Å²) in [6, 6.07) is 0.849. The number of rotatable bonds is 3. The summed E-state index contributed by atoms with van der Waals surface area (Å²) >= 11 is 2.92. The average molecular weight is 360 g/mol. The minimum atomic E-state index is -4.66. The normalized spacial score (nSPS) is 16.2. The van der Waals surface area contributed by atoms with Crippen LogP contribution in [0.1, 0.15) is 31.5 Å². The lowest BCUT2D eigenvalue weighted by Gasteiger charge is -2.28. The van der Waals surface area contributed by atoms with Crippen LogP contribution in [0.15, 0.2) is 16.7 Å². The van der Waals surface area contributed by atoms with E-state index in [4.69, 9.17) is 0 Å². The fourth-order valence-corrected chi connectivity index (χ4v) is 3.05. The first-order valence-corrected chi connectivity index (χ1v) is 8.04. The zero-order chi connectivity index (χ0) is 15.1. The molecule has 0 bridgehead atoms. The van der Waals surface area contributed by atoms with Gasteiger partial charge in [-0.2, -0.15) is 13.2 Å². The van der Waals surface area contributed by atoms with Crippen LogP contribution in [-0.4, -0.2) is 19.7 Å². The summed E-state index contributed by atoms with van der Waals surface area (Å²) in [5.41, 5.74) is -1.50. The quantitative estimate of drug-likeness (QED) is 0.829. The Morgan fingerprint density at radius 1 is 1.37 bits per heavy atom. The molecule has 1 atom stereocenters. The minimum absolute atomic E-state index is 0.00352. The zero-order valence-corrected chi connectivity index (χ0v) is 12.9. The zero-order valence-electron chi connectivity index (χ0n) is 10.5. The van der Waals surface area contributed by atoms with E-state index in [1.54, 1.807) is 0 Å². The van der Waals surface area contributed by atoms with E-state index in [0.717, 1.165) is 12.3 Å². The SMILES string of the molecule is CCC(C)(c1ncc(Br)cc1C(F)(F)F)S(C)(=O)=O. The van der Waals surface area contributed by atoms with Crippen LogP contribution in [0.2, 0.25) is 0 Å². The van der Waals surface area contributed by atoms with Crippen LogP contribution in [0.4, 0.5) is 13.2 Å². The first-order chi connectivity index (χ1) is 8.43. The van der Waals surface area contributed by atoms with Crippen LogP contribution in [0.5, 0.6) is 0 Å². The standard InChI is InChI=1S/C11H13BrF3NO2S/c1-4-10(2,19(3,17)18)9-8(11(13,14)15)5-7(12)6-16-9/h5-6H,4H2,1-3H3. The minimum Gasteiger partial charge on any atom is -0.258 e. The van der Waals surface area contributed by atoms with Crippen molar-refractivity contribution in [3.8, 4) is 0 Å². The van der Waals surface area contributed by atoms with Crippen molar-refractivity contribution in [2.75, 3.05) is 6.26 Å². The number of hydrogen-bond donors (Lipinski definition) is 0. The number of halogens is 4. The molecule has 108 valence electrons. The second-order valence-corrected chi connectivity index (χ2v) is 7.77. The molecule has 0 saturated carbocycles. The highest BCUT2D eigenvalue weighted by Crippen LogP contribution is 2.41. The monoisotopic (exact) mass is 359 g/mol. The average Bonchev–Trinajstić information content (AvgIpc) is 2.25. The van der Waals surface area contributed by atoms with Crippen LogP contribution in [0.3, 0.4) is 0 Å². The van der Waals surface area contributed by atoms with E-state index in [1.807, 2.05) is 0 Å². The van der Waals surface area contributed by atoms with Crippen LogP contribution in [0.25, 0.3) is 0 Å². The number of alkyl halides is 3. The predicted molar refractivity (Wildman–Crippen MR) is 69.4 cm³/mol. The molecular formula is C11H13BrF3NO2S. The molecule has 1 heterocycles. The summed E-state index contributed by atoms with van der Waals surface area (Å²) < 4.78 is 61.2. The Kier molecular flexibility index (Phi) is 4.36. The molecule has 1 unspecified atom stereocenters. The summed E-state index contributed by atoms with van der Waals surface area (Å²) in [4.78, 5) is 3.71. The highest BCUT2D eigenvalue weighted by molar-refractivity contribution is 9.10. The molecule has 1 rings (SSSR count). The molecule has 8 heteroatoms. The smallest absolute Gasteiger partial charge is 0.258 e. The Hall–Kier alpha value is -0.630. The van der Waals surface area contributed by atoms with Gasteiger partial charge in [-0.25, -0.2) is 8.42 Å². The van der Waals surface area contributed by atoms with Gasteiger partial charge in [0.1, 0.15) is 4.75 Å². The van der Waals surface area contributed by atoms with Crippen LogP contribution < -0.4 is 0 Å². The summed E-state index contributed by atoms with van der Waals surface area (Å²) in [5, 5.41) is 0. The Balaban J connectivity index is 3.68. The van der Waals surface area contributed by atoms with Gasteiger partial charge in [0.25, 0.3) is 0 Å². The highest BCUT2D eigenvalue weighted by Gasteiger charge is 2.45. The molecule has 0 aliphatic rings. The fourth-order valence-electron chi connectivity index (χ4n) is 1.68. The van der Waals surface area contributed by atoms with Crippen molar-refractivity contribution < 1.29 is 21.6 Å². The molecule has 0 radical (unpaired) electrons. The van der Waals surface area contributed by atoms with E-state index in [0.29, 0.717) is 0 Å². The summed E-state index contributed by atoms with van der Waals surface area (Å²) in [6.45, 7) is 2.78.